The normalized spacial score (nSPS) is 11.6. The van der Waals surface area contributed by atoms with Crippen LogP contribution in [0.15, 0.2) is 47.1 Å². The number of benzene rings is 1. The van der Waals surface area contributed by atoms with Gasteiger partial charge in [0.15, 0.2) is 12.4 Å². The smallest absolute Gasteiger partial charge is 0.306 e. The van der Waals surface area contributed by atoms with Gasteiger partial charge >= 0.3 is 5.97 Å². The lowest BCUT2D eigenvalue weighted by molar-refractivity contribution is -0.148. The number of ketones is 1. The zero-order chi connectivity index (χ0) is 18.2. The van der Waals surface area contributed by atoms with E-state index in [0.717, 1.165) is 0 Å². The predicted octanol–water partition coefficient (Wildman–Crippen LogP) is 3.32. The summed E-state index contributed by atoms with van der Waals surface area (Å²) in [6, 6.07) is 9.54. The molecule has 2 rings (SSSR count). The maximum atomic E-state index is 11.9. The number of halogens is 1. The van der Waals surface area contributed by atoms with E-state index in [1.54, 1.807) is 43.3 Å². The summed E-state index contributed by atoms with van der Waals surface area (Å²) >= 11 is 5.75. The van der Waals surface area contributed by atoms with Gasteiger partial charge in [0.05, 0.1) is 18.7 Å². The van der Waals surface area contributed by atoms with Crippen LogP contribution in [0.2, 0.25) is 5.02 Å². The lowest BCUT2D eigenvalue weighted by Crippen LogP contribution is -2.31. The highest BCUT2D eigenvalue weighted by Gasteiger charge is 2.15. The minimum absolute atomic E-state index is 0.00484. The molecule has 132 valence electrons. The van der Waals surface area contributed by atoms with Crippen LogP contribution in [0.3, 0.4) is 0 Å². The van der Waals surface area contributed by atoms with Crippen molar-refractivity contribution in [3.05, 3.63) is 59.0 Å². The average molecular weight is 364 g/mol. The predicted molar refractivity (Wildman–Crippen MR) is 91.2 cm³/mol. The van der Waals surface area contributed by atoms with Gasteiger partial charge in [-0.25, -0.2) is 0 Å². The summed E-state index contributed by atoms with van der Waals surface area (Å²) in [7, 11) is 0. The molecule has 0 unspecified atom stereocenters. The molecular weight excluding hydrogens is 346 g/mol. The van der Waals surface area contributed by atoms with Gasteiger partial charge < -0.3 is 14.5 Å². The van der Waals surface area contributed by atoms with E-state index in [1.807, 2.05) is 0 Å². The molecule has 0 spiro atoms. The molecule has 0 fully saturated rings. The number of hydrogen-bond donors (Lipinski definition) is 1. The lowest BCUT2D eigenvalue weighted by atomic mass is 10.1. The lowest BCUT2D eigenvalue weighted by Gasteiger charge is -2.11. The Morgan fingerprint density at radius 3 is 2.52 bits per heavy atom. The van der Waals surface area contributed by atoms with E-state index >= 15 is 0 Å². The highest BCUT2D eigenvalue weighted by molar-refractivity contribution is 6.30. The number of rotatable bonds is 8. The number of Topliss-reactive ketones (excluding diaryl/α,β-unsaturated/α-hetero) is 1. The molecule has 0 radical (unpaired) electrons. The van der Waals surface area contributed by atoms with Gasteiger partial charge in [0, 0.05) is 17.0 Å². The maximum Gasteiger partial charge on any atom is 0.306 e. The summed E-state index contributed by atoms with van der Waals surface area (Å²) in [6.45, 7) is 1.35. The van der Waals surface area contributed by atoms with Crippen LogP contribution in [0.1, 0.15) is 41.9 Å². The van der Waals surface area contributed by atoms with Gasteiger partial charge in [-0.05, 0) is 43.3 Å². The van der Waals surface area contributed by atoms with Gasteiger partial charge in [-0.2, -0.15) is 0 Å². The second-order valence-corrected chi connectivity index (χ2v) is 5.83. The van der Waals surface area contributed by atoms with Crippen molar-refractivity contribution in [1.29, 1.82) is 0 Å². The fraction of sp³-hybridized carbons (Fsp3) is 0.278. The molecule has 1 aromatic carbocycles. The van der Waals surface area contributed by atoms with Gasteiger partial charge in [-0.1, -0.05) is 11.6 Å². The third-order valence-electron chi connectivity index (χ3n) is 3.43. The van der Waals surface area contributed by atoms with E-state index in [-0.39, 0.29) is 24.7 Å². The quantitative estimate of drug-likeness (QED) is 0.574. The molecule has 1 N–H and O–H groups in total. The highest BCUT2D eigenvalue weighted by atomic mass is 35.5. The molecule has 1 atom stereocenters. The van der Waals surface area contributed by atoms with Crippen molar-refractivity contribution in [3.8, 4) is 0 Å². The molecule has 25 heavy (non-hydrogen) atoms. The number of carbonyl (C=O) groups is 3. The first-order chi connectivity index (χ1) is 12.0. The van der Waals surface area contributed by atoms with Crippen LogP contribution in [0.25, 0.3) is 0 Å². The Morgan fingerprint density at radius 1 is 1.16 bits per heavy atom. The Balaban J connectivity index is 1.68. The molecule has 1 amide bonds. The van der Waals surface area contributed by atoms with Crippen LogP contribution in [-0.2, 0) is 14.3 Å². The first-order valence-electron chi connectivity index (χ1n) is 7.73. The number of esters is 1. The molecule has 0 saturated carbocycles. The third kappa shape index (κ3) is 6.08. The molecule has 1 heterocycles. The molecule has 2 aromatic rings. The largest absolute Gasteiger partial charge is 0.467 e. The molecule has 6 nitrogen and oxygen atoms in total. The van der Waals surface area contributed by atoms with E-state index in [4.69, 9.17) is 20.8 Å². The Morgan fingerprint density at radius 2 is 1.88 bits per heavy atom. The third-order valence-corrected chi connectivity index (χ3v) is 3.69. The molecule has 7 heteroatoms. The van der Waals surface area contributed by atoms with Crippen molar-refractivity contribution in [2.75, 3.05) is 6.61 Å². The second kappa shape index (κ2) is 9.03. The number of nitrogens with one attached hydrogen (secondary N) is 1. The first-order valence-corrected chi connectivity index (χ1v) is 8.10. The minimum Gasteiger partial charge on any atom is -0.467 e. The Hall–Kier alpha value is -2.60. The van der Waals surface area contributed by atoms with Crippen molar-refractivity contribution in [1.82, 2.24) is 5.32 Å². The maximum absolute atomic E-state index is 11.9. The summed E-state index contributed by atoms with van der Waals surface area (Å²) in [5.74, 6) is -0.637. The van der Waals surface area contributed by atoms with Crippen molar-refractivity contribution in [2.45, 2.75) is 25.8 Å². The van der Waals surface area contributed by atoms with E-state index in [9.17, 15) is 14.4 Å². The van der Waals surface area contributed by atoms with Gasteiger partial charge in [-0.3, -0.25) is 14.4 Å². The number of ether oxygens (including phenoxy) is 1. The van der Waals surface area contributed by atoms with Crippen molar-refractivity contribution < 1.29 is 23.5 Å². The number of carbonyl (C=O) groups excluding carboxylic acids is 3. The van der Waals surface area contributed by atoms with Crippen LogP contribution in [-0.4, -0.2) is 24.3 Å². The molecule has 0 aliphatic heterocycles. The highest BCUT2D eigenvalue weighted by Crippen LogP contribution is 2.13. The number of furan rings is 1. The van der Waals surface area contributed by atoms with Crippen molar-refractivity contribution in [2.24, 2.45) is 0 Å². The summed E-state index contributed by atoms with van der Waals surface area (Å²) < 4.78 is 10.0. The number of hydrogen-bond acceptors (Lipinski definition) is 5. The van der Waals surface area contributed by atoms with Crippen molar-refractivity contribution >= 4 is 29.3 Å². The zero-order valence-electron chi connectivity index (χ0n) is 13.7. The topological polar surface area (TPSA) is 85.6 Å². The molecule has 0 bridgehead atoms. The SMILES string of the molecule is C[C@@H](NC(=O)COC(=O)CCC(=O)c1ccc(Cl)cc1)c1ccco1. The summed E-state index contributed by atoms with van der Waals surface area (Å²) in [6.07, 6.45) is 1.42. The van der Waals surface area contributed by atoms with Crippen LogP contribution in [0.5, 0.6) is 0 Å². The fourth-order valence-electron chi connectivity index (χ4n) is 2.11. The Kier molecular flexibility index (Phi) is 6.77. The molecule has 1 aromatic heterocycles. The Bertz CT molecular complexity index is 724. The van der Waals surface area contributed by atoms with Gasteiger partial charge in [0.25, 0.3) is 5.91 Å². The zero-order valence-corrected chi connectivity index (χ0v) is 14.4. The summed E-state index contributed by atoms with van der Waals surface area (Å²) in [5.41, 5.74) is 0.474. The van der Waals surface area contributed by atoms with Crippen molar-refractivity contribution in [3.63, 3.8) is 0 Å². The number of amides is 1. The van der Waals surface area contributed by atoms with Gasteiger partial charge in [0.1, 0.15) is 5.76 Å². The first kappa shape index (κ1) is 18.7. The summed E-state index contributed by atoms with van der Waals surface area (Å²) in [5, 5.41) is 3.18. The van der Waals surface area contributed by atoms with Crippen LogP contribution >= 0.6 is 11.6 Å². The Labute approximate surface area is 150 Å². The average Bonchev–Trinajstić information content (AvgIpc) is 3.13. The molecular formula is C18H18ClNO5. The van der Waals surface area contributed by atoms with Crippen LogP contribution in [0.4, 0.5) is 0 Å². The summed E-state index contributed by atoms with van der Waals surface area (Å²) in [4.78, 5) is 35.3. The van der Waals surface area contributed by atoms with E-state index in [0.29, 0.717) is 16.3 Å². The van der Waals surface area contributed by atoms with E-state index in [2.05, 4.69) is 5.32 Å². The van der Waals surface area contributed by atoms with E-state index < -0.39 is 18.5 Å². The standard InChI is InChI=1S/C18H18ClNO5/c1-12(16-3-2-10-24-16)20-17(22)11-25-18(23)9-8-15(21)13-4-6-14(19)7-5-13/h2-7,10,12H,8-9,11H2,1H3,(H,20,22)/t12-/m1/s1. The fourth-order valence-corrected chi connectivity index (χ4v) is 2.23. The minimum atomic E-state index is -0.608. The van der Waals surface area contributed by atoms with Crippen LogP contribution in [0, 0.1) is 0 Å². The van der Waals surface area contributed by atoms with E-state index in [1.165, 1.54) is 6.26 Å². The van der Waals surface area contributed by atoms with Gasteiger partial charge in [0.2, 0.25) is 0 Å². The monoisotopic (exact) mass is 363 g/mol. The van der Waals surface area contributed by atoms with Crippen LogP contribution < -0.4 is 5.32 Å². The van der Waals surface area contributed by atoms with Gasteiger partial charge in [-0.15, -0.1) is 0 Å². The second-order valence-electron chi connectivity index (χ2n) is 5.40. The molecule has 0 saturated heterocycles. The molecule has 0 aliphatic carbocycles. The molecule has 0 aliphatic rings.